The first-order valence-corrected chi connectivity index (χ1v) is 9.40. The minimum atomic E-state index is -0.867. The van der Waals surface area contributed by atoms with Gasteiger partial charge in [0.25, 0.3) is 0 Å². The van der Waals surface area contributed by atoms with Gasteiger partial charge in [-0.1, -0.05) is 41.9 Å². The molecular weight excluding hydrogens is 364 g/mol. The van der Waals surface area contributed by atoms with E-state index in [1.165, 1.54) is 0 Å². The van der Waals surface area contributed by atoms with E-state index in [-0.39, 0.29) is 11.8 Å². The molecule has 2 heterocycles. The summed E-state index contributed by atoms with van der Waals surface area (Å²) >= 11 is 5.94. The summed E-state index contributed by atoms with van der Waals surface area (Å²) in [7, 11) is 0. The predicted octanol–water partition coefficient (Wildman–Crippen LogP) is 3.11. The van der Waals surface area contributed by atoms with Crippen LogP contribution in [0, 0.1) is 5.92 Å². The van der Waals surface area contributed by atoms with E-state index < -0.39 is 17.6 Å². The maximum Gasteiger partial charge on any atom is 0.238 e. The molecule has 2 N–H and O–H groups in total. The number of hydrogen-bond donors (Lipinski definition) is 1. The molecule has 1 fully saturated rings. The van der Waals surface area contributed by atoms with E-state index in [1.807, 2.05) is 55.5 Å². The fraction of sp³-hybridized carbons (Fsp3) is 0.333. The SMILES string of the molecule is C[C@@]12C[C@@H](c3ccccc3O1)[C@@H](C(N)=O)C(=O)N2CCc1ccc(Cl)cc1. The summed E-state index contributed by atoms with van der Waals surface area (Å²) in [4.78, 5) is 27.0. The lowest BCUT2D eigenvalue weighted by molar-refractivity contribution is -0.175. The maximum atomic E-state index is 13.2. The van der Waals surface area contributed by atoms with E-state index in [1.54, 1.807) is 4.90 Å². The molecule has 2 aliphatic heterocycles. The van der Waals surface area contributed by atoms with Crippen LogP contribution >= 0.6 is 11.6 Å². The summed E-state index contributed by atoms with van der Waals surface area (Å²) < 4.78 is 6.24. The van der Waals surface area contributed by atoms with Gasteiger partial charge in [0, 0.05) is 23.9 Å². The lowest BCUT2D eigenvalue weighted by Crippen LogP contribution is -2.64. The first kappa shape index (κ1) is 17.9. The van der Waals surface area contributed by atoms with Crippen LogP contribution in [-0.4, -0.2) is 29.0 Å². The van der Waals surface area contributed by atoms with Crippen molar-refractivity contribution in [1.29, 1.82) is 0 Å². The Kier molecular flexibility index (Phi) is 4.35. The molecule has 0 spiro atoms. The van der Waals surface area contributed by atoms with Crippen LogP contribution in [0.25, 0.3) is 0 Å². The number of para-hydroxylation sites is 1. The van der Waals surface area contributed by atoms with Gasteiger partial charge in [-0.3, -0.25) is 9.59 Å². The van der Waals surface area contributed by atoms with E-state index in [9.17, 15) is 9.59 Å². The standard InChI is InChI=1S/C21H21ClN2O3/c1-21-12-16(15-4-2-3-5-17(15)27-21)18(19(23)25)20(26)24(21)11-10-13-6-8-14(22)9-7-13/h2-9,16,18H,10-12H2,1H3,(H2,23,25)/t16-,18-,21-/m0/s1. The summed E-state index contributed by atoms with van der Waals surface area (Å²) in [6, 6.07) is 15.1. The molecule has 0 unspecified atom stereocenters. The number of nitrogens with zero attached hydrogens (tertiary/aromatic N) is 1. The summed E-state index contributed by atoms with van der Waals surface area (Å²) in [5.74, 6) is -1.25. The topological polar surface area (TPSA) is 72.6 Å². The van der Waals surface area contributed by atoms with Crippen LogP contribution in [0.1, 0.15) is 30.4 Å². The second kappa shape index (κ2) is 6.57. The third kappa shape index (κ3) is 3.06. The van der Waals surface area contributed by atoms with Gasteiger partial charge >= 0.3 is 0 Å². The highest BCUT2D eigenvalue weighted by Gasteiger charge is 2.55. The Morgan fingerprint density at radius 1 is 1.26 bits per heavy atom. The van der Waals surface area contributed by atoms with Crippen molar-refractivity contribution in [2.24, 2.45) is 11.7 Å². The Labute approximate surface area is 163 Å². The van der Waals surface area contributed by atoms with E-state index in [4.69, 9.17) is 22.1 Å². The van der Waals surface area contributed by atoms with Crippen molar-refractivity contribution in [1.82, 2.24) is 4.90 Å². The number of carbonyl (C=O) groups is 2. The predicted molar refractivity (Wildman–Crippen MR) is 102 cm³/mol. The number of carbonyl (C=O) groups excluding carboxylic acids is 2. The number of benzene rings is 2. The third-order valence-electron chi connectivity index (χ3n) is 5.60. The van der Waals surface area contributed by atoms with Gasteiger partial charge in [0.15, 0.2) is 5.72 Å². The zero-order chi connectivity index (χ0) is 19.2. The van der Waals surface area contributed by atoms with Crippen molar-refractivity contribution >= 4 is 23.4 Å². The molecule has 2 amide bonds. The molecule has 3 atom stereocenters. The zero-order valence-electron chi connectivity index (χ0n) is 15.0. The van der Waals surface area contributed by atoms with Gasteiger partial charge in [-0.2, -0.15) is 0 Å². The number of piperidine rings is 1. The maximum absolute atomic E-state index is 13.2. The largest absolute Gasteiger partial charge is 0.468 e. The third-order valence-corrected chi connectivity index (χ3v) is 5.85. The number of rotatable bonds is 4. The zero-order valence-corrected chi connectivity index (χ0v) is 15.8. The monoisotopic (exact) mass is 384 g/mol. The number of fused-ring (bicyclic) bond motifs is 4. The molecule has 2 aromatic rings. The Balaban J connectivity index is 1.67. The van der Waals surface area contributed by atoms with E-state index in [2.05, 4.69) is 0 Å². The number of primary amides is 1. The molecule has 0 aliphatic carbocycles. The van der Waals surface area contributed by atoms with Crippen LogP contribution < -0.4 is 10.5 Å². The molecule has 6 heteroatoms. The first-order valence-electron chi connectivity index (χ1n) is 9.02. The molecule has 4 rings (SSSR count). The average Bonchev–Trinajstić information content (AvgIpc) is 2.62. The minimum Gasteiger partial charge on any atom is -0.468 e. The number of ether oxygens (including phenoxy) is 1. The highest BCUT2D eigenvalue weighted by molar-refractivity contribution is 6.30. The molecule has 1 saturated heterocycles. The molecule has 0 aromatic heterocycles. The van der Waals surface area contributed by atoms with Crippen molar-refractivity contribution in [2.75, 3.05) is 6.54 Å². The molecule has 0 radical (unpaired) electrons. The van der Waals surface area contributed by atoms with Crippen LogP contribution in [0.4, 0.5) is 0 Å². The van der Waals surface area contributed by atoms with Crippen LogP contribution in [0.2, 0.25) is 5.02 Å². The second-order valence-electron chi connectivity index (χ2n) is 7.37. The highest BCUT2D eigenvalue weighted by Crippen LogP contribution is 2.49. The van der Waals surface area contributed by atoms with Gasteiger partial charge < -0.3 is 15.4 Å². The Morgan fingerprint density at radius 2 is 1.96 bits per heavy atom. The molecule has 0 saturated carbocycles. The van der Waals surface area contributed by atoms with Gasteiger partial charge in [0.05, 0.1) is 0 Å². The van der Waals surface area contributed by atoms with Crippen LogP contribution in [-0.2, 0) is 16.0 Å². The smallest absolute Gasteiger partial charge is 0.238 e. The first-order chi connectivity index (χ1) is 12.9. The fourth-order valence-corrected chi connectivity index (χ4v) is 4.40. The van der Waals surface area contributed by atoms with Gasteiger partial charge in [0.2, 0.25) is 11.8 Å². The number of hydrogen-bond acceptors (Lipinski definition) is 3. The molecule has 5 nitrogen and oxygen atoms in total. The summed E-state index contributed by atoms with van der Waals surface area (Å²) in [5.41, 5.74) is 6.78. The number of halogens is 1. The minimum absolute atomic E-state index is 0.253. The number of nitrogens with two attached hydrogens (primary N) is 1. The van der Waals surface area contributed by atoms with E-state index in [0.717, 1.165) is 11.1 Å². The molecule has 140 valence electrons. The Morgan fingerprint density at radius 3 is 2.67 bits per heavy atom. The highest BCUT2D eigenvalue weighted by atomic mass is 35.5. The molecule has 27 heavy (non-hydrogen) atoms. The van der Waals surface area contributed by atoms with Crippen molar-refractivity contribution in [3.05, 3.63) is 64.7 Å². The van der Waals surface area contributed by atoms with Crippen molar-refractivity contribution < 1.29 is 14.3 Å². The fourth-order valence-electron chi connectivity index (χ4n) is 4.27. The van der Waals surface area contributed by atoms with Crippen molar-refractivity contribution in [3.8, 4) is 5.75 Å². The normalized spacial score (nSPS) is 26.3. The quantitative estimate of drug-likeness (QED) is 0.823. The van der Waals surface area contributed by atoms with E-state index in [0.29, 0.717) is 30.2 Å². The van der Waals surface area contributed by atoms with Crippen LogP contribution in [0.5, 0.6) is 5.75 Å². The lowest BCUT2D eigenvalue weighted by atomic mass is 9.73. The number of amides is 2. The summed E-state index contributed by atoms with van der Waals surface area (Å²) in [6.07, 6.45) is 1.18. The van der Waals surface area contributed by atoms with Crippen LogP contribution in [0.15, 0.2) is 48.5 Å². The Bertz CT molecular complexity index is 899. The van der Waals surface area contributed by atoms with Gasteiger partial charge in [-0.25, -0.2) is 0 Å². The molecule has 2 aliphatic rings. The second-order valence-corrected chi connectivity index (χ2v) is 7.81. The van der Waals surface area contributed by atoms with Gasteiger partial charge in [0.1, 0.15) is 11.7 Å². The van der Waals surface area contributed by atoms with Gasteiger partial charge in [-0.05, 0) is 42.7 Å². The lowest BCUT2D eigenvalue weighted by Gasteiger charge is -2.52. The molecule has 2 aromatic carbocycles. The number of likely N-dealkylation sites (tertiary alicyclic amines) is 1. The summed E-state index contributed by atoms with van der Waals surface area (Å²) in [5, 5.41) is 0.670. The van der Waals surface area contributed by atoms with Crippen molar-refractivity contribution in [2.45, 2.75) is 31.4 Å². The molecule has 2 bridgehead atoms. The van der Waals surface area contributed by atoms with Crippen LogP contribution in [0.3, 0.4) is 0 Å². The average molecular weight is 385 g/mol. The molecular formula is C21H21ClN2O3. The summed E-state index contributed by atoms with van der Waals surface area (Å²) in [6.45, 7) is 2.35. The van der Waals surface area contributed by atoms with E-state index >= 15 is 0 Å². The Hall–Kier alpha value is -2.53. The van der Waals surface area contributed by atoms with Crippen molar-refractivity contribution in [3.63, 3.8) is 0 Å². The van der Waals surface area contributed by atoms with Gasteiger partial charge in [-0.15, -0.1) is 0 Å².